The predicted octanol–water partition coefficient (Wildman–Crippen LogP) is 0.771. The molecule has 2 N–H and O–H groups in total. The minimum absolute atomic E-state index is 0.194. The summed E-state index contributed by atoms with van der Waals surface area (Å²) in [7, 11) is 0. The molecule has 1 amide bonds. The molecule has 1 unspecified atom stereocenters. The molecule has 1 aliphatic rings. The van der Waals surface area contributed by atoms with Gasteiger partial charge >= 0.3 is 0 Å². The number of nitrogens with two attached hydrogens (primary N) is 1. The van der Waals surface area contributed by atoms with Gasteiger partial charge in [0.05, 0.1) is 6.04 Å². The maximum atomic E-state index is 12.1. The number of nitrogen functional groups attached to an aromatic ring is 1. The number of fused-ring (bicyclic) bond motifs is 1. The summed E-state index contributed by atoms with van der Waals surface area (Å²) in [5.74, 6) is -0.194. The standard InChI is InChI=1S/C13H14N2O3/c14-12-5-1-4-10-11(12)7-15(13(10)18)9(8-17)3-2-6-16/h1,4-6,8-9H,2-3,7,14H2. The smallest absolute Gasteiger partial charge is 0.255 e. The zero-order valence-corrected chi connectivity index (χ0v) is 9.83. The number of amides is 1. The van der Waals surface area contributed by atoms with Crippen LogP contribution in [-0.2, 0) is 16.1 Å². The van der Waals surface area contributed by atoms with Crippen LogP contribution in [0, 0.1) is 0 Å². The van der Waals surface area contributed by atoms with E-state index in [2.05, 4.69) is 0 Å². The molecule has 18 heavy (non-hydrogen) atoms. The zero-order chi connectivity index (χ0) is 13.1. The molecule has 1 atom stereocenters. The van der Waals surface area contributed by atoms with E-state index in [-0.39, 0.29) is 12.3 Å². The van der Waals surface area contributed by atoms with Crippen LogP contribution in [0.25, 0.3) is 0 Å². The maximum absolute atomic E-state index is 12.1. The Labute approximate surface area is 105 Å². The number of carbonyl (C=O) groups excluding carboxylic acids is 3. The third kappa shape index (κ3) is 1.99. The fourth-order valence-electron chi connectivity index (χ4n) is 2.18. The molecule has 0 saturated heterocycles. The number of carbonyl (C=O) groups is 3. The fourth-order valence-corrected chi connectivity index (χ4v) is 2.18. The van der Waals surface area contributed by atoms with Crippen molar-refractivity contribution in [2.75, 3.05) is 5.73 Å². The highest BCUT2D eigenvalue weighted by molar-refractivity contribution is 6.01. The van der Waals surface area contributed by atoms with Crippen molar-refractivity contribution < 1.29 is 14.4 Å². The van der Waals surface area contributed by atoms with Crippen LogP contribution >= 0.6 is 0 Å². The molecule has 1 aromatic carbocycles. The van der Waals surface area contributed by atoms with E-state index in [9.17, 15) is 14.4 Å². The van der Waals surface area contributed by atoms with Crippen molar-refractivity contribution >= 4 is 24.2 Å². The second kappa shape index (κ2) is 5.00. The van der Waals surface area contributed by atoms with Gasteiger partial charge in [-0.15, -0.1) is 0 Å². The zero-order valence-electron chi connectivity index (χ0n) is 9.83. The third-order valence-electron chi connectivity index (χ3n) is 3.17. The first-order valence-electron chi connectivity index (χ1n) is 5.76. The molecule has 0 spiro atoms. The first-order valence-corrected chi connectivity index (χ1v) is 5.76. The molecule has 5 nitrogen and oxygen atoms in total. The van der Waals surface area contributed by atoms with E-state index < -0.39 is 6.04 Å². The van der Waals surface area contributed by atoms with Gasteiger partial charge < -0.3 is 20.2 Å². The Morgan fingerprint density at radius 1 is 1.39 bits per heavy atom. The van der Waals surface area contributed by atoms with Crippen molar-refractivity contribution in [3.63, 3.8) is 0 Å². The molecule has 0 bridgehead atoms. The predicted molar refractivity (Wildman–Crippen MR) is 65.9 cm³/mol. The molecule has 1 aromatic rings. The Kier molecular flexibility index (Phi) is 3.41. The monoisotopic (exact) mass is 246 g/mol. The van der Waals surface area contributed by atoms with Crippen LogP contribution < -0.4 is 5.73 Å². The summed E-state index contributed by atoms with van der Waals surface area (Å²) in [5.41, 5.74) is 7.69. The number of nitrogens with zero attached hydrogens (tertiary/aromatic N) is 1. The lowest BCUT2D eigenvalue weighted by Crippen LogP contribution is -2.36. The van der Waals surface area contributed by atoms with E-state index in [1.54, 1.807) is 18.2 Å². The van der Waals surface area contributed by atoms with Gasteiger partial charge in [0.15, 0.2) is 0 Å². The highest BCUT2D eigenvalue weighted by Crippen LogP contribution is 2.29. The number of benzene rings is 1. The van der Waals surface area contributed by atoms with Gasteiger partial charge in [0.2, 0.25) is 0 Å². The number of anilines is 1. The maximum Gasteiger partial charge on any atom is 0.255 e. The SMILES string of the molecule is Nc1cccc2c1CN(C(C=O)CCC=O)C2=O. The van der Waals surface area contributed by atoms with Gasteiger partial charge in [-0.25, -0.2) is 0 Å². The molecule has 0 fully saturated rings. The van der Waals surface area contributed by atoms with Gasteiger partial charge in [0, 0.05) is 29.8 Å². The van der Waals surface area contributed by atoms with E-state index in [0.29, 0.717) is 30.5 Å². The lowest BCUT2D eigenvalue weighted by Gasteiger charge is -2.22. The highest BCUT2D eigenvalue weighted by atomic mass is 16.2. The molecule has 5 heteroatoms. The third-order valence-corrected chi connectivity index (χ3v) is 3.17. The Morgan fingerprint density at radius 3 is 2.78 bits per heavy atom. The van der Waals surface area contributed by atoms with Crippen LogP contribution in [0.2, 0.25) is 0 Å². The lowest BCUT2D eigenvalue weighted by atomic mass is 10.1. The Morgan fingerprint density at radius 2 is 2.17 bits per heavy atom. The summed E-state index contributed by atoms with van der Waals surface area (Å²) in [5, 5.41) is 0. The summed E-state index contributed by atoms with van der Waals surface area (Å²) >= 11 is 0. The van der Waals surface area contributed by atoms with E-state index in [1.165, 1.54) is 4.90 Å². The van der Waals surface area contributed by atoms with Crippen LogP contribution in [-0.4, -0.2) is 29.4 Å². The quantitative estimate of drug-likeness (QED) is 0.614. The summed E-state index contributed by atoms with van der Waals surface area (Å²) in [6.07, 6.45) is 2.08. The first kappa shape index (κ1) is 12.3. The lowest BCUT2D eigenvalue weighted by molar-refractivity contribution is -0.112. The number of rotatable bonds is 5. The van der Waals surface area contributed by atoms with Crippen molar-refractivity contribution in [2.45, 2.75) is 25.4 Å². The summed E-state index contributed by atoms with van der Waals surface area (Å²) in [6, 6.07) is 4.60. The van der Waals surface area contributed by atoms with Gasteiger partial charge in [-0.05, 0) is 18.6 Å². The van der Waals surface area contributed by atoms with Crippen molar-refractivity contribution in [2.24, 2.45) is 0 Å². The van der Waals surface area contributed by atoms with Gasteiger partial charge in [-0.3, -0.25) is 4.79 Å². The molecule has 0 radical (unpaired) electrons. The van der Waals surface area contributed by atoms with Crippen LogP contribution in [0.5, 0.6) is 0 Å². The number of aldehydes is 2. The van der Waals surface area contributed by atoms with Gasteiger partial charge in [-0.2, -0.15) is 0 Å². The average Bonchev–Trinajstić information content (AvgIpc) is 2.70. The van der Waals surface area contributed by atoms with Gasteiger partial charge in [-0.1, -0.05) is 6.07 Å². The average molecular weight is 246 g/mol. The second-order valence-electron chi connectivity index (χ2n) is 4.25. The minimum Gasteiger partial charge on any atom is -0.398 e. The Bertz CT molecular complexity index is 499. The van der Waals surface area contributed by atoms with Crippen LogP contribution in [0.15, 0.2) is 18.2 Å². The largest absolute Gasteiger partial charge is 0.398 e. The summed E-state index contributed by atoms with van der Waals surface area (Å²) in [4.78, 5) is 35.0. The van der Waals surface area contributed by atoms with Crippen molar-refractivity contribution in [1.29, 1.82) is 0 Å². The number of hydrogen-bond donors (Lipinski definition) is 1. The van der Waals surface area contributed by atoms with Gasteiger partial charge in [0.25, 0.3) is 5.91 Å². The topological polar surface area (TPSA) is 80.5 Å². The number of hydrogen-bond acceptors (Lipinski definition) is 4. The Balaban J connectivity index is 2.24. The molecular weight excluding hydrogens is 232 g/mol. The van der Waals surface area contributed by atoms with Crippen LogP contribution in [0.4, 0.5) is 5.69 Å². The molecule has 94 valence electrons. The fraction of sp³-hybridized carbons (Fsp3) is 0.308. The van der Waals surface area contributed by atoms with Gasteiger partial charge in [0.1, 0.15) is 12.6 Å². The highest BCUT2D eigenvalue weighted by Gasteiger charge is 2.33. The van der Waals surface area contributed by atoms with Crippen molar-refractivity contribution in [3.05, 3.63) is 29.3 Å². The second-order valence-corrected chi connectivity index (χ2v) is 4.25. The summed E-state index contributed by atoms with van der Waals surface area (Å²) in [6.45, 7) is 0.336. The van der Waals surface area contributed by atoms with Crippen LogP contribution in [0.3, 0.4) is 0 Å². The molecule has 1 aliphatic heterocycles. The molecule has 1 heterocycles. The Hall–Kier alpha value is -2.17. The molecule has 0 aromatic heterocycles. The van der Waals surface area contributed by atoms with E-state index in [1.807, 2.05) is 0 Å². The normalized spacial score (nSPS) is 15.3. The van der Waals surface area contributed by atoms with Crippen LogP contribution in [0.1, 0.15) is 28.8 Å². The van der Waals surface area contributed by atoms with E-state index >= 15 is 0 Å². The first-order chi connectivity index (χ1) is 8.69. The van der Waals surface area contributed by atoms with Crippen molar-refractivity contribution in [1.82, 2.24) is 4.90 Å². The molecular formula is C13H14N2O3. The van der Waals surface area contributed by atoms with E-state index in [4.69, 9.17) is 5.73 Å². The minimum atomic E-state index is -0.561. The molecule has 0 saturated carbocycles. The van der Waals surface area contributed by atoms with E-state index in [0.717, 1.165) is 11.8 Å². The summed E-state index contributed by atoms with van der Waals surface area (Å²) < 4.78 is 0. The van der Waals surface area contributed by atoms with Crippen molar-refractivity contribution in [3.8, 4) is 0 Å². The molecule has 2 rings (SSSR count). The molecule has 0 aliphatic carbocycles.